The topological polar surface area (TPSA) is 50.3 Å². The molecule has 0 spiro atoms. The van der Waals surface area contributed by atoms with Crippen LogP contribution in [-0.4, -0.2) is 53.3 Å². The molecule has 0 aliphatic carbocycles. The highest BCUT2D eigenvalue weighted by Crippen LogP contribution is 2.31. The quantitative estimate of drug-likeness (QED) is 0.923. The van der Waals surface area contributed by atoms with Crippen LogP contribution in [0.15, 0.2) is 0 Å². The Balaban J connectivity index is 1.76. The van der Waals surface area contributed by atoms with Gasteiger partial charge in [-0.1, -0.05) is 6.42 Å². The predicted molar refractivity (Wildman–Crippen MR) is 88.2 cm³/mol. The average Bonchev–Trinajstić information content (AvgIpc) is 2.58. The van der Waals surface area contributed by atoms with Crippen LogP contribution < -0.4 is 5.32 Å². The third kappa shape index (κ3) is 3.63. The van der Waals surface area contributed by atoms with Crippen molar-refractivity contribution in [1.29, 1.82) is 0 Å². The minimum atomic E-state index is -0.337. The van der Waals surface area contributed by atoms with Crippen LogP contribution in [0, 0.1) is 19.7 Å². The van der Waals surface area contributed by atoms with Crippen LogP contribution in [0.3, 0.4) is 0 Å². The molecule has 3 heterocycles. The van der Waals surface area contributed by atoms with E-state index in [1.165, 1.54) is 19.3 Å². The second-order valence-electron chi connectivity index (χ2n) is 6.76. The van der Waals surface area contributed by atoms with E-state index in [0.29, 0.717) is 23.9 Å². The zero-order valence-corrected chi connectivity index (χ0v) is 14.2. The smallest absolute Gasteiger partial charge is 0.186 e. The lowest BCUT2D eigenvalue weighted by Crippen LogP contribution is -2.57. The van der Waals surface area contributed by atoms with E-state index < -0.39 is 0 Å². The van der Waals surface area contributed by atoms with Crippen LogP contribution >= 0.6 is 0 Å². The fourth-order valence-corrected chi connectivity index (χ4v) is 3.79. The van der Waals surface area contributed by atoms with Crippen molar-refractivity contribution in [2.45, 2.75) is 51.5 Å². The Kier molecular flexibility index (Phi) is 5.11. The Morgan fingerprint density at radius 2 is 1.83 bits per heavy atom. The van der Waals surface area contributed by atoms with Gasteiger partial charge in [-0.2, -0.15) is 0 Å². The van der Waals surface area contributed by atoms with E-state index in [9.17, 15) is 4.39 Å². The molecular weight excluding hydrogens is 295 g/mol. The Hall–Kier alpha value is -1.27. The number of ether oxygens (including phenoxy) is 1. The van der Waals surface area contributed by atoms with E-state index in [1.54, 1.807) is 13.8 Å². The van der Waals surface area contributed by atoms with Crippen LogP contribution in [0.25, 0.3) is 0 Å². The van der Waals surface area contributed by atoms with E-state index >= 15 is 0 Å². The first-order valence-corrected chi connectivity index (χ1v) is 8.68. The molecule has 1 N–H and O–H groups in total. The first kappa shape index (κ1) is 16.6. The average molecular weight is 322 g/mol. The van der Waals surface area contributed by atoms with Gasteiger partial charge < -0.3 is 10.1 Å². The molecule has 5 nitrogen and oxygen atoms in total. The summed E-state index contributed by atoms with van der Waals surface area (Å²) in [7, 11) is 0. The van der Waals surface area contributed by atoms with E-state index in [-0.39, 0.29) is 11.4 Å². The van der Waals surface area contributed by atoms with Gasteiger partial charge in [-0.3, -0.25) is 4.90 Å². The Labute approximate surface area is 137 Å². The summed E-state index contributed by atoms with van der Waals surface area (Å²) in [5.41, 5.74) is 0.455. The number of hydrogen-bond acceptors (Lipinski definition) is 5. The number of nitrogens with one attached hydrogen (secondary N) is 1. The van der Waals surface area contributed by atoms with Gasteiger partial charge in [0.15, 0.2) is 11.6 Å². The van der Waals surface area contributed by atoms with Crippen molar-refractivity contribution in [3.05, 3.63) is 17.3 Å². The number of anilines is 1. The van der Waals surface area contributed by atoms with Crippen molar-refractivity contribution in [3.8, 4) is 0 Å². The molecule has 6 heteroatoms. The molecule has 2 aliphatic rings. The van der Waals surface area contributed by atoms with Gasteiger partial charge in [0.1, 0.15) is 5.82 Å². The number of aromatic nitrogens is 2. The molecule has 0 unspecified atom stereocenters. The molecule has 128 valence electrons. The van der Waals surface area contributed by atoms with Gasteiger partial charge in [-0.05, 0) is 52.6 Å². The highest BCUT2D eigenvalue weighted by atomic mass is 19.1. The first-order chi connectivity index (χ1) is 11.1. The number of halogens is 1. The molecule has 2 fully saturated rings. The van der Waals surface area contributed by atoms with Crippen LogP contribution in [-0.2, 0) is 4.74 Å². The summed E-state index contributed by atoms with van der Waals surface area (Å²) in [5.74, 6) is 0.597. The summed E-state index contributed by atoms with van der Waals surface area (Å²) < 4.78 is 19.9. The number of likely N-dealkylation sites (tertiary alicyclic amines) is 1. The number of piperidine rings is 1. The second-order valence-corrected chi connectivity index (χ2v) is 6.76. The summed E-state index contributed by atoms with van der Waals surface area (Å²) in [4.78, 5) is 10.9. The third-order valence-electron chi connectivity index (χ3n) is 5.16. The Morgan fingerprint density at radius 3 is 2.52 bits per heavy atom. The van der Waals surface area contributed by atoms with Crippen LogP contribution in [0.1, 0.15) is 43.6 Å². The van der Waals surface area contributed by atoms with Gasteiger partial charge in [0.05, 0.1) is 5.69 Å². The van der Waals surface area contributed by atoms with Crippen molar-refractivity contribution in [1.82, 2.24) is 14.9 Å². The molecule has 23 heavy (non-hydrogen) atoms. The monoisotopic (exact) mass is 322 g/mol. The maximum absolute atomic E-state index is 14.3. The Bertz CT molecular complexity index is 540. The lowest BCUT2D eigenvalue weighted by atomic mass is 9.86. The van der Waals surface area contributed by atoms with Crippen molar-refractivity contribution in [3.63, 3.8) is 0 Å². The van der Waals surface area contributed by atoms with Crippen LogP contribution in [0.4, 0.5) is 10.2 Å². The van der Waals surface area contributed by atoms with E-state index in [0.717, 1.165) is 39.1 Å². The summed E-state index contributed by atoms with van der Waals surface area (Å²) in [6.45, 7) is 8.02. The predicted octanol–water partition coefficient (Wildman–Crippen LogP) is 2.68. The number of nitrogens with zero attached hydrogens (tertiary/aromatic N) is 3. The third-order valence-corrected chi connectivity index (χ3v) is 5.16. The minimum absolute atomic E-state index is 0.0534. The molecule has 0 aromatic carbocycles. The summed E-state index contributed by atoms with van der Waals surface area (Å²) in [5, 5.41) is 3.28. The van der Waals surface area contributed by atoms with Crippen LogP contribution in [0.2, 0.25) is 0 Å². The zero-order valence-electron chi connectivity index (χ0n) is 14.2. The molecule has 0 radical (unpaired) electrons. The molecule has 0 saturated carbocycles. The van der Waals surface area contributed by atoms with Gasteiger partial charge in [0, 0.05) is 25.3 Å². The number of hydrogen-bond donors (Lipinski definition) is 1. The first-order valence-electron chi connectivity index (χ1n) is 8.68. The summed E-state index contributed by atoms with van der Waals surface area (Å²) >= 11 is 0. The summed E-state index contributed by atoms with van der Waals surface area (Å²) in [6, 6.07) is 0. The molecule has 2 aliphatic heterocycles. The maximum atomic E-state index is 14.3. The molecular formula is C17H27FN4O. The molecule has 1 aromatic heterocycles. The van der Waals surface area contributed by atoms with Crippen molar-refractivity contribution < 1.29 is 9.13 Å². The second kappa shape index (κ2) is 7.09. The van der Waals surface area contributed by atoms with Gasteiger partial charge >= 0.3 is 0 Å². The number of rotatable bonds is 4. The van der Waals surface area contributed by atoms with E-state index in [4.69, 9.17) is 4.74 Å². The number of aryl methyl sites for hydroxylation is 2. The molecule has 2 saturated heterocycles. The largest absolute Gasteiger partial charge is 0.381 e. The van der Waals surface area contributed by atoms with Gasteiger partial charge in [-0.15, -0.1) is 0 Å². The fourth-order valence-electron chi connectivity index (χ4n) is 3.79. The van der Waals surface area contributed by atoms with Gasteiger partial charge in [0.2, 0.25) is 0 Å². The van der Waals surface area contributed by atoms with Crippen LogP contribution in [0.5, 0.6) is 0 Å². The van der Waals surface area contributed by atoms with Crippen molar-refractivity contribution >= 4 is 5.82 Å². The molecule has 0 amide bonds. The highest BCUT2D eigenvalue weighted by Gasteiger charge is 2.39. The minimum Gasteiger partial charge on any atom is -0.381 e. The van der Waals surface area contributed by atoms with Gasteiger partial charge in [-0.25, -0.2) is 14.4 Å². The summed E-state index contributed by atoms with van der Waals surface area (Å²) in [6.07, 6.45) is 5.80. The van der Waals surface area contributed by atoms with E-state index in [1.807, 2.05) is 0 Å². The Morgan fingerprint density at radius 1 is 1.13 bits per heavy atom. The zero-order chi connectivity index (χ0) is 16.3. The van der Waals surface area contributed by atoms with E-state index in [2.05, 4.69) is 20.2 Å². The maximum Gasteiger partial charge on any atom is 0.186 e. The lowest BCUT2D eigenvalue weighted by molar-refractivity contribution is -0.0294. The SMILES string of the molecule is Cc1nc(C)c(F)c(NCC2(N3CCCCC3)CCOCC2)n1. The van der Waals surface area contributed by atoms with Crippen molar-refractivity contribution in [2.75, 3.05) is 38.2 Å². The molecule has 1 aromatic rings. The molecule has 0 atom stereocenters. The normalized spacial score (nSPS) is 22.0. The highest BCUT2D eigenvalue weighted by molar-refractivity contribution is 5.38. The standard InChI is InChI=1S/C17H27FN4O/c1-13-15(18)16(21-14(2)20-13)19-12-17(6-10-23-11-7-17)22-8-4-3-5-9-22/h3-12H2,1-2H3,(H,19,20,21). The molecule has 3 rings (SSSR count). The van der Waals surface area contributed by atoms with Gasteiger partial charge in [0.25, 0.3) is 0 Å². The van der Waals surface area contributed by atoms with Crippen molar-refractivity contribution in [2.24, 2.45) is 0 Å². The lowest BCUT2D eigenvalue weighted by Gasteiger charge is -2.48. The fraction of sp³-hybridized carbons (Fsp3) is 0.765. The molecule has 0 bridgehead atoms.